The number of carbonyl (C=O) groups is 3. The van der Waals surface area contributed by atoms with Gasteiger partial charge in [-0.1, -0.05) is 39.0 Å². The number of primary amides is 1. The first-order valence-electron chi connectivity index (χ1n) is 11.0. The topological polar surface area (TPSA) is 146 Å². The van der Waals surface area contributed by atoms with Gasteiger partial charge in [-0.05, 0) is 43.2 Å². The molecule has 2 saturated heterocycles. The minimum Gasteiger partial charge on any atom is -0.431 e. The van der Waals surface area contributed by atoms with Crippen LogP contribution in [-0.2, 0) is 28.4 Å². The molecule has 2 aliphatic heterocycles. The summed E-state index contributed by atoms with van der Waals surface area (Å²) in [5.74, 6) is -1.40. The maximum atomic E-state index is 12.9. The fourth-order valence-corrected chi connectivity index (χ4v) is 4.97. The van der Waals surface area contributed by atoms with E-state index in [1.54, 1.807) is 32.0 Å². The van der Waals surface area contributed by atoms with Crippen LogP contribution >= 0.6 is 0 Å². The monoisotopic (exact) mass is 497 g/mol. The molecule has 3 atom stereocenters. The van der Waals surface area contributed by atoms with Crippen molar-refractivity contribution in [3.8, 4) is 0 Å². The zero-order valence-corrected chi connectivity index (χ0v) is 20.8. The van der Waals surface area contributed by atoms with Gasteiger partial charge in [0.25, 0.3) is 0 Å². The van der Waals surface area contributed by atoms with Crippen molar-refractivity contribution in [3.63, 3.8) is 0 Å². The van der Waals surface area contributed by atoms with Gasteiger partial charge in [-0.15, -0.1) is 4.28 Å². The summed E-state index contributed by atoms with van der Waals surface area (Å²) in [4.78, 5) is 38.3. The molecule has 0 radical (unpaired) electrons. The van der Waals surface area contributed by atoms with Gasteiger partial charge in [0.05, 0.1) is 11.6 Å². The van der Waals surface area contributed by atoms with Crippen molar-refractivity contribution in [1.82, 2.24) is 9.96 Å². The highest BCUT2D eigenvalue weighted by atomic mass is 32.3. The van der Waals surface area contributed by atoms with Gasteiger partial charge in [-0.2, -0.15) is 13.5 Å². The van der Waals surface area contributed by atoms with Crippen molar-refractivity contribution in [2.75, 3.05) is 6.54 Å². The van der Waals surface area contributed by atoms with E-state index in [4.69, 9.17) is 18.9 Å². The van der Waals surface area contributed by atoms with Gasteiger partial charge in [-0.25, -0.2) is 13.8 Å². The lowest BCUT2D eigenvalue weighted by Crippen LogP contribution is -2.47. The van der Waals surface area contributed by atoms with Crippen molar-refractivity contribution < 1.29 is 36.0 Å². The third-order valence-corrected chi connectivity index (χ3v) is 6.54. The molecular formula is C22H31N3O8S. The first kappa shape index (κ1) is 25.9. The Morgan fingerprint density at radius 2 is 1.79 bits per heavy atom. The predicted molar refractivity (Wildman–Crippen MR) is 120 cm³/mol. The molecule has 2 fully saturated rings. The van der Waals surface area contributed by atoms with Crippen LogP contribution < -0.4 is 5.73 Å². The number of hydrogen-bond acceptors (Lipinski definition) is 8. The lowest BCUT2D eigenvalue weighted by molar-refractivity contribution is -0.122. The molecule has 0 aromatic heterocycles. The number of nitrogens with two attached hydrogens (primary N) is 1. The van der Waals surface area contributed by atoms with Crippen LogP contribution in [-0.4, -0.2) is 61.2 Å². The lowest BCUT2D eigenvalue weighted by atomic mass is 9.92. The number of aryl methyl sites for hydroxylation is 2. The number of carbonyl (C=O) groups excluding carboxylic acids is 3. The quantitative estimate of drug-likeness (QED) is 0.425. The average Bonchev–Trinajstić information content (AvgIpc) is 2.90. The summed E-state index contributed by atoms with van der Waals surface area (Å²) in [7, 11) is -4.81. The fraction of sp³-hybridized carbons (Fsp3) is 0.591. The number of benzene rings is 1. The van der Waals surface area contributed by atoms with Crippen LogP contribution in [0.4, 0.5) is 4.79 Å². The van der Waals surface area contributed by atoms with Crippen LogP contribution in [0.2, 0.25) is 0 Å². The Morgan fingerprint density at radius 3 is 2.35 bits per heavy atom. The molecule has 0 aliphatic carbocycles. The molecule has 3 amide bonds. The number of urea groups is 1. The van der Waals surface area contributed by atoms with E-state index in [9.17, 15) is 22.8 Å². The van der Waals surface area contributed by atoms with Crippen molar-refractivity contribution in [1.29, 1.82) is 0 Å². The number of amides is 3. The highest BCUT2D eigenvalue weighted by molar-refractivity contribution is 7.81. The number of ether oxygens (including phenoxy) is 1. The number of hydroxylamine groups is 2. The first-order chi connectivity index (χ1) is 15.7. The normalized spacial score (nSPS) is 21.5. The second kappa shape index (κ2) is 9.51. The van der Waals surface area contributed by atoms with Gasteiger partial charge in [0.1, 0.15) is 6.04 Å². The Labute approximate surface area is 199 Å². The summed E-state index contributed by atoms with van der Waals surface area (Å²) in [5, 5.41) is 0.680. The van der Waals surface area contributed by atoms with Crippen LogP contribution in [0.1, 0.15) is 61.5 Å². The van der Waals surface area contributed by atoms with E-state index in [1.165, 1.54) is 4.90 Å². The first-order valence-corrected chi connectivity index (χ1v) is 12.3. The molecule has 1 aromatic carbocycles. The van der Waals surface area contributed by atoms with Crippen LogP contribution in [0.15, 0.2) is 18.2 Å². The van der Waals surface area contributed by atoms with Gasteiger partial charge in [0, 0.05) is 13.0 Å². The van der Waals surface area contributed by atoms with Crippen LogP contribution in [0.25, 0.3) is 0 Å². The van der Waals surface area contributed by atoms with Crippen LogP contribution in [0, 0.1) is 19.3 Å². The summed E-state index contributed by atoms with van der Waals surface area (Å²) >= 11 is 0. The summed E-state index contributed by atoms with van der Waals surface area (Å²) in [6.07, 6.45) is -0.822. The molecule has 2 bridgehead atoms. The Balaban J connectivity index is 1.76. The zero-order chi connectivity index (χ0) is 25.4. The Morgan fingerprint density at radius 1 is 1.18 bits per heavy atom. The molecular weight excluding hydrogens is 466 g/mol. The molecule has 3 rings (SSSR count). The maximum Gasteiger partial charge on any atom is 0.424 e. The van der Waals surface area contributed by atoms with E-state index in [1.807, 2.05) is 20.8 Å². The molecule has 1 unspecified atom stereocenters. The summed E-state index contributed by atoms with van der Waals surface area (Å²) in [6.45, 7) is 9.08. The number of nitrogens with zero attached hydrogens (tertiary/aromatic N) is 2. The van der Waals surface area contributed by atoms with Crippen molar-refractivity contribution >= 4 is 28.3 Å². The highest BCUT2D eigenvalue weighted by Gasteiger charge is 2.49. The van der Waals surface area contributed by atoms with Gasteiger partial charge in [-0.3, -0.25) is 4.79 Å². The molecule has 1 aromatic rings. The van der Waals surface area contributed by atoms with Crippen molar-refractivity contribution in [2.45, 2.75) is 72.3 Å². The summed E-state index contributed by atoms with van der Waals surface area (Å²) in [5.41, 5.74) is 6.53. The van der Waals surface area contributed by atoms with Gasteiger partial charge >= 0.3 is 22.4 Å². The van der Waals surface area contributed by atoms with Crippen molar-refractivity contribution in [2.24, 2.45) is 11.1 Å². The maximum absolute atomic E-state index is 12.9. The number of esters is 1. The van der Waals surface area contributed by atoms with Crippen molar-refractivity contribution in [3.05, 3.63) is 34.9 Å². The second-order valence-electron chi connectivity index (χ2n) is 9.86. The predicted octanol–water partition coefficient (Wildman–Crippen LogP) is 2.17. The van der Waals surface area contributed by atoms with Gasteiger partial charge in [0.2, 0.25) is 12.2 Å². The fourth-order valence-electron chi connectivity index (χ4n) is 4.18. The van der Waals surface area contributed by atoms with E-state index in [-0.39, 0.29) is 13.0 Å². The molecule has 2 N–H and O–H groups in total. The van der Waals surface area contributed by atoms with E-state index < -0.39 is 52.1 Å². The molecule has 2 aliphatic rings. The standard InChI is InChI=1S/C22H31N3O8S/c1-13-7-6-8-14(2)18(13)20(27)31-17(11-22(3,4)5)32-34(29,30)33-25-15-9-10-16(19(23)26)24(12-15)21(25)28/h6-8,15-17H,9-12H2,1-5H3,(H2,23,26)/t15-,16+,17?/m1/s1. The molecule has 188 valence electrons. The number of fused-ring (bicyclic) bond motifs is 2. The van der Waals surface area contributed by atoms with E-state index >= 15 is 0 Å². The van der Waals surface area contributed by atoms with E-state index in [0.717, 1.165) is 0 Å². The average molecular weight is 498 g/mol. The Kier molecular flexibility index (Phi) is 7.25. The lowest BCUT2D eigenvalue weighted by Gasteiger charge is -2.27. The van der Waals surface area contributed by atoms with Gasteiger partial charge < -0.3 is 15.4 Å². The highest BCUT2D eigenvalue weighted by Crippen LogP contribution is 2.32. The summed E-state index contributed by atoms with van der Waals surface area (Å²) < 4.78 is 41.0. The minimum absolute atomic E-state index is 0.0412. The molecule has 11 nitrogen and oxygen atoms in total. The third kappa shape index (κ3) is 5.86. The molecule has 34 heavy (non-hydrogen) atoms. The Hall–Kier alpha value is -2.70. The van der Waals surface area contributed by atoms with Crippen LogP contribution in [0.5, 0.6) is 0 Å². The number of rotatable bonds is 8. The minimum atomic E-state index is -4.81. The summed E-state index contributed by atoms with van der Waals surface area (Å²) in [6, 6.07) is 3.08. The second-order valence-corrected chi connectivity index (χ2v) is 11.0. The Bertz CT molecular complexity index is 1060. The molecule has 0 saturated carbocycles. The molecule has 2 heterocycles. The third-order valence-electron chi connectivity index (χ3n) is 5.75. The van der Waals surface area contributed by atoms with Gasteiger partial charge in [0.15, 0.2) is 0 Å². The molecule has 0 spiro atoms. The smallest absolute Gasteiger partial charge is 0.424 e. The SMILES string of the molecule is Cc1cccc(C)c1C(=O)OC(CC(C)(C)C)OS(=O)(=O)ON1C(=O)N2C[C@H]1CC[C@H]2C(N)=O. The van der Waals surface area contributed by atoms with E-state index in [0.29, 0.717) is 34.6 Å². The van der Waals surface area contributed by atoms with Crippen LogP contribution in [0.3, 0.4) is 0 Å². The zero-order valence-electron chi connectivity index (χ0n) is 19.9. The van der Waals surface area contributed by atoms with E-state index in [2.05, 4.69) is 0 Å². The number of piperidine rings is 1. The largest absolute Gasteiger partial charge is 0.431 e. The molecule has 12 heteroatoms. The number of hydrogen-bond donors (Lipinski definition) is 1.